The summed E-state index contributed by atoms with van der Waals surface area (Å²) in [5.74, 6) is 0.856. The van der Waals surface area contributed by atoms with Crippen molar-refractivity contribution in [3.05, 3.63) is 0 Å². The number of hydrogen-bond acceptors (Lipinski definition) is 2. The lowest BCUT2D eigenvalue weighted by Crippen LogP contribution is -2.50. The Bertz CT molecular complexity index is 199. The van der Waals surface area contributed by atoms with Gasteiger partial charge in [0.2, 0.25) is 0 Å². The van der Waals surface area contributed by atoms with E-state index < -0.39 is 0 Å². The lowest BCUT2D eigenvalue weighted by atomic mass is 10.3. The van der Waals surface area contributed by atoms with Gasteiger partial charge in [0.25, 0.3) is 0 Å². The number of hydrogen-bond donors (Lipinski definition) is 2. The average Bonchev–Trinajstić information content (AvgIpc) is 2.04. The van der Waals surface area contributed by atoms with Crippen LogP contribution in [0.25, 0.3) is 0 Å². The molecule has 0 unspecified atom stereocenters. The molecule has 0 radical (unpaired) electrons. The van der Waals surface area contributed by atoms with Gasteiger partial charge in [0.15, 0.2) is 11.9 Å². The normalized spacial score (nSPS) is 13.5. The van der Waals surface area contributed by atoms with Crippen LogP contribution in [0.3, 0.4) is 0 Å². The van der Waals surface area contributed by atoms with Crippen molar-refractivity contribution >= 4 is 11.9 Å². The molecule has 0 amide bonds. The summed E-state index contributed by atoms with van der Waals surface area (Å²) in [7, 11) is 0. The van der Waals surface area contributed by atoms with Gasteiger partial charge in [-0.05, 0) is 27.7 Å². The lowest BCUT2D eigenvalue weighted by Gasteiger charge is -2.26. The number of nitrogens with two attached hydrogens (primary N) is 2. The highest BCUT2D eigenvalue weighted by Gasteiger charge is 2.15. The third-order valence-corrected chi connectivity index (χ3v) is 1.65. The molecule has 0 saturated carbocycles. The van der Waals surface area contributed by atoms with Gasteiger partial charge in [-0.3, -0.25) is 14.9 Å². The van der Waals surface area contributed by atoms with Gasteiger partial charge >= 0.3 is 0 Å². The molecule has 0 fully saturated rings. The fourth-order valence-electron chi connectivity index (χ4n) is 1.12. The Labute approximate surface area is 85.9 Å². The minimum absolute atomic E-state index is 0.167. The molecule has 0 bridgehead atoms. The second-order valence-electron chi connectivity index (χ2n) is 3.13. The molecule has 14 heavy (non-hydrogen) atoms. The Balaban J connectivity index is 4.77. The molecule has 0 aliphatic carbocycles. The van der Waals surface area contributed by atoms with Crippen LogP contribution < -0.4 is 11.5 Å². The largest absolute Gasteiger partial charge is 0.369 e. The first-order valence-electron chi connectivity index (χ1n) is 4.93. The number of aliphatic imine (C=N–C) groups is 2. The van der Waals surface area contributed by atoms with Gasteiger partial charge < -0.3 is 11.5 Å². The molecule has 0 aromatic heterocycles. The van der Waals surface area contributed by atoms with Crippen molar-refractivity contribution < 1.29 is 0 Å². The van der Waals surface area contributed by atoms with Gasteiger partial charge in [-0.2, -0.15) is 0 Å². The highest BCUT2D eigenvalue weighted by molar-refractivity contribution is 5.97. The van der Waals surface area contributed by atoms with Crippen molar-refractivity contribution in [1.29, 1.82) is 0 Å². The molecule has 0 aliphatic rings. The Morgan fingerprint density at radius 2 is 1.43 bits per heavy atom. The summed E-state index contributed by atoms with van der Waals surface area (Å²) in [6.45, 7) is 9.14. The molecule has 5 heteroatoms. The smallest absolute Gasteiger partial charge is 0.198 e. The molecule has 0 atom stereocenters. The summed E-state index contributed by atoms with van der Waals surface area (Å²) in [4.78, 5) is 9.95. The minimum atomic E-state index is 0.167. The van der Waals surface area contributed by atoms with Gasteiger partial charge in [-0.25, -0.2) is 0 Å². The van der Waals surface area contributed by atoms with Crippen molar-refractivity contribution in [2.75, 3.05) is 13.1 Å². The zero-order chi connectivity index (χ0) is 11.1. The molecule has 0 spiro atoms. The molecular formula is C9H21N5. The second kappa shape index (κ2) is 6.23. The maximum absolute atomic E-state index is 5.78. The molecule has 0 saturated heterocycles. The SMILES string of the molecule is CCN=C(N)N(C(N)=NCC)C(C)C. The van der Waals surface area contributed by atoms with Crippen LogP contribution in [-0.2, 0) is 0 Å². The summed E-state index contributed by atoms with van der Waals surface area (Å²) in [6, 6.07) is 0.167. The first-order chi connectivity index (χ1) is 6.54. The van der Waals surface area contributed by atoms with Crippen LogP contribution in [0, 0.1) is 0 Å². The monoisotopic (exact) mass is 199 g/mol. The van der Waals surface area contributed by atoms with Gasteiger partial charge in [-0.15, -0.1) is 0 Å². The van der Waals surface area contributed by atoms with Crippen molar-refractivity contribution in [2.45, 2.75) is 33.7 Å². The summed E-state index contributed by atoms with van der Waals surface area (Å²) in [5, 5.41) is 0. The fraction of sp³-hybridized carbons (Fsp3) is 0.778. The van der Waals surface area contributed by atoms with Crippen LogP contribution in [0.2, 0.25) is 0 Å². The number of nitrogens with zero attached hydrogens (tertiary/aromatic N) is 3. The topological polar surface area (TPSA) is 80.0 Å². The van der Waals surface area contributed by atoms with Gasteiger partial charge in [-0.1, -0.05) is 0 Å². The zero-order valence-electron chi connectivity index (χ0n) is 9.49. The molecule has 0 aliphatic heterocycles. The van der Waals surface area contributed by atoms with E-state index in [-0.39, 0.29) is 6.04 Å². The van der Waals surface area contributed by atoms with Crippen LogP contribution in [0.1, 0.15) is 27.7 Å². The third kappa shape index (κ3) is 3.64. The van der Waals surface area contributed by atoms with Crippen LogP contribution in [0.5, 0.6) is 0 Å². The standard InChI is InChI=1S/C9H21N5/c1-5-12-8(10)14(7(3)4)9(11)13-6-2/h7H,5-6H2,1-4H3,(H2,10,12)(H2,11,13). The van der Waals surface area contributed by atoms with Gasteiger partial charge in [0.1, 0.15) is 0 Å². The molecule has 0 aromatic carbocycles. The van der Waals surface area contributed by atoms with Gasteiger partial charge in [0, 0.05) is 19.1 Å². The zero-order valence-corrected chi connectivity index (χ0v) is 9.49. The Hall–Kier alpha value is -1.26. The van der Waals surface area contributed by atoms with Crippen LogP contribution in [0.15, 0.2) is 9.98 Å². The van der Waals surface area contributed by atoms with E-state index in [4.69, 9.17) is 11.5 Å². The predicted octanol–water partition coefficient (Wildman–Crippen LogP) is 0.366. The molecule has 4 N–H and O–H groups in total. The maximum Gasteiger partial charge on any atom is 0.198 e. The van der Waals surface area contributed by atoms with Gasteiger partial charge in [0.05, 0.1) is 0 Å². The van der Waals surface area contributed by atoms with Crippen molar-refractivity contribution in [1.82, 2.24) is 4.90 Å². The molecule has 5 nitrogen and oxygen atoms in total. The first-order valence-corrected chi connectivity index (χ1v) is 4.93. The quantitative estimate of drug-likeness (QED) is 0.509. The highest BCUT2D eigenvalue weighted by Crippen LogP contribution is 1.97. The van der Waals surface area contributed by atoms with Crippen LogP contribution >= 0.6 is 0 Å². The van der Waals surface area contributed by atoms with Crippen molar-refractivity contribution in [3.63, 3.8) is 0 Å². The number of rotatable bonds is 3. The molecule has 82 valence electrons. The highest BCUT2D eigenvalue weighted by atomic mass is 15.3. The Kier molecular flexibility index (Phi) is 5.67. The molecule has 0 aromatic rings. The van der Waals surface area contributed by atoms with E-state index in [0.29, 0.717) is 25.0 Å². The van der Waals surface area contributed by atoms with Crippen LogP contribution in [0.4, 0.5) is 0 Å². The summed E-state index contributed by atoms with van der Waals surface area (Å²) in [6.07, 6.45) is 0. The maximum atomic E-state index is 5.78. The van der Waals surface area contributed by atoms with E-state index in [1.807, 2.05) is 27.7 Å². The molecule has 0 heterocycles. The van der Waals surface area contributed by atoms with E-state index in [2.05, 4.69) is 9.98 Å². The van der Waals surface area contributed by atoms with E-state index in [1.165, 1.54) is 0 Å². The fourth-order valence-corrected chi connectivity index (χ4v) is 1.12. The Morgan fingerprint density at radius 1 is 1.07 bits per heavy atom. The van der Waals surface area contributed by atoms with E-state index in [1.54, 1.807) is 4.90 Å². The number of guanidine groups is 2. The molecular weight excluding hydrogens is 178 g/mol. The van der Waals surface area contributed by atoms with E-state index >= 15 is 0 Å². The Morgan fingerprint density at radius 3 is 1.64 bits per heavy atom. The van der Waals surface area contributed by atoms with Crippen molar-refractivity contribution in [3.8, 4) is 0 Å². The second-order valence-corrected chi connectivity index (χ2v) is 3.13. The predicted molar refractivity (Wildman–Crippen MR) is 61.3 cm³/mol. The lowest BCUT2D eigenvalue weighted by molar-refractivity contribution is 0.487. The minimum Gasteiger partial charge on any atom is -0.369 e. The molecule has 0 rings (SSSR count). The summed E-state index contributed by atoms with van der Waals surface area (Å²) < 4.78 is 0. The van der Waals surface area contributed by atoms with E-state index in [0.717, 1.165) is 0 Å². The van der Waals surface area contributed by atoms with E-state index in [9.17, 15) is 0 Å². The average molecular weight is 199 g/mol. The van der Waals surface area contributed by atoms with Crippen LogP contribution in [-0.4, -0.2) is 36.0 Å². The third-order valence-electron chi connectivity index (χ3n) is 1.65. The summed E-state index contributed by atoms with van der Waals surface area (Å²) in [5.41, 5.74) is 11.6. The summed E-state index contributed by atoms with van der Waals surface area (Å²) >= 11 is 0. The van der Waals surface area contributed by atoms with Crippen molar-refractivity contribution in [2.24, 2.45) is 21.5 Å². The first kappa shape index (κ1) is 12.7.